The summed E-state index contributed by atoms with van der Waals surface area (Å²) in [5.41, 5.74) is 2.16. The molecule has 222 valence electrons. The Morgan fingerprint density at radius 2 is 0.975 bits per heavy atom. The Labute approximate surface area is 242 Å². The Morgan fingerprint density at radius 3 is 1.35 bits per heavy atom. The molecule has 3 saturated carbocycles. The number of nitrogens with one attached hydrogen (secondary N) is 3. The second-order valence-electron chi connectivity index (χ2n) is 14.4. The predicted octanol–water partition coefficient (Wildman–Crippen LogP) is 8.40. The molecule has 3 aliphatic carbocycles. The van der Waals surface area contributed by atoms with Crippen molar-refractivity contribution in [3.05, 3.63) is 18.2 Å². The highest BCUT2D eigenvalue weighted by Gasteiger charge is 2.33. The van der Waals surface area contributed by atoms with Crippen molar-refractivity contribution in [2.45, 2.75) is 118 Å². The third-order valence-corrected chi connectivity index (χ3v) is 10.1. The first-order chi connectivity index (χ1) is 19.0. The summed E-state index contributed by atoms with van der Waals surface area (Å²) in [6.07, 6.45) is 13.1. The van der Waals surface area contributed by atoms with E-state index in [1.54, 1.807) is 0 Å². The van der Waals surface area contributed by atoms with Crippen LogP contribution in [0.1, 0.15) is 118 Å². The van der Waals surface area contributed by atoms with E-state index < -0.39 is 0 Å². The summed E-state index contributed by atoms with van der Waals surface area (Å²) >= 11 is 0. The van der Waals surface area contributed by atoms with Crippen LogP contribution in [0.3, 0.4) is 0 Å². The molecule has 0 spiro atoms. The van der Waals surface area contributed by atoms with E-state index in [-0.39, 0.29) is 40.9 Å². The Balaban J connectivity index is 1.45. The summed E-state index contributed by atoms with van der Waals surface area (Å²) in [6, 6.07) is 5.51. The zero-order valence-electron chi connectivity index (χ0n) is 25.6. The predicted molar refractivity (Wildman–Crippen MR) is 164 cm³/mol. The molecular formula is C34H53N3O3. The van der Waals surface area contributed by atoms with Crippen molar-refractivity contribution < 1.29 is 14.4 Å². The quantitative estimate of drug-likeness (QED) is 0.318. The second kappa shape index (κ2) is 13.5. The van der Waals surface area contributed by atoms with Crippen LogP contribution in [0.5, 0.6) is 0 Å². The Hall–Kier alpha value is -2.37. The van der Waals surface area contributed by atoms with Crippen molar-refractivity contribution in [2.24, 2.45) is 40.9 Å². The van der Waals surface area contributed by atoms with Gasteiger partial charge in [0.05, 0.1) is 0 Å². The van der Waals surface area contributed by atoms with Gasteiger partial charge in [-0.25, -0.2) is 0 Å². The molecule has 0 radical (unpaired) electrons. The van der Waals surface area contributed by atoms with Gasteiger partial charge in [-0.15, -0.1) is 0 Å². The molecule has 3 fully saturated rings. The van der Waals surface area contributed by atoms with Gasteiger partial charge in [-0.05, 0) is 106 Å². The summed E-state index contributed by atoms with van der Waals surface area (Å²) in [4.78, 5) is 39.6. The zero-order valence-corrected chi connectivity index (χ0v) is 25.6. The summed E-state index contributed by atoms with van der Waals surface area (Å²) in [7, 11) is 0. The Morgan fingerprint density at radius 1 is 0.600 bits per heavy atom. The van der Waals surface area contributed by atoms with Crippen molar-refractivity contribution in [1.82, 2.24) is 0 Å². The molecule has 6 nitrogen and oxygen atoms in total. The van der Waals surface area contributed by atoms with Crippen LogP contribution in [0.15, 0.2) is 18.2 Å². The standard InChI is InChI=1S/C34H53N3O3/c1-22(2)23-11-13-25(14-12-23)32(39)36-29-19-28(35-31(38)24-9-7-6-8-10-24)20-30(21-29)37-33(40)26-15-17-27(18-16-26)34(3,4)5/h19-27H,6-18H2,1-5H3,(H,35,38)(H,36,39)(H,37,40). The fourth-order valence-electron chi connectivity index (χ4n) is 7.21. The Kier molecular flexibility index (Phi) is 10.3. The van der Waals surface area contributed by atoms with E-state index >= 15 is 0 Å². The highest BCUT2D eigenvalue weighted by molar-refractivity contribution is 5.99. The average molecular weight is 552 g/mol. The van der Waals surface area contributed by atoms with Gasteiger partial charge in [0.15, 0.2) is 0 Å². The van der Waals surface area contributed by atoms with Gasteiger partial charge in [0, 0.05) is 34.8 Å². The van der Waals surface area contributed by atoms with Crippen LogP contribution in [-0.2, 0) is 14.4 Å². The molecule has 0 unspecified atom stereocenters. The van der Waals surface area contributed by atoms with Crippen LogP contribution in [-0.4, -0.2) is 17.7 Å². The molecule has 3 aliphatic rings. The van der Waals surface area contributed by atoms with Crippen molar-refractivity contribution in [2.75, 3.05) is 16.0 Å². The van der Waals surface area contributed by atoms with E-state index in [1.165, 1.54) is 6.42 Å². The number of benzene rings is 1. The van der Waals surface area contributed by atoms with E-state index in [0.717, 1.165) is 77.0 Å². The first-order valence-corrected chi connectivity index (χ1v) is 16.1. The number of hydrogen-bond donors (Lipinski definition) is 3. The zero-order chi connectivity index (χ0) is 28.9. The highest BCUT2D eigenvalue weighted by Crippen LogP contribution is 2.40. The lowest BCUT2D eigenvalue weighted by Crippen LogP contribution is -2.31. The molecule has 3 amide bonds. The Bertz CT molecular complexity index is 1020. The number of carbonyl (C=O) groups is 3. The minimum atomic E-state index is -0.00623. The van der Waals surface area contributed by atoms with Gasteiger partial charge in [0.25, 0.3) is 0 Å². The van der Waals surface area contributed by atoms with E-state index in [4.69, 9.17) is 0 Å². The molecule has 0 aromatic heterocycles. The maximum absolute atomic E-state index is 13.3. The molecule has 40 heavy (non-hydrogen) atoms. The first kappa shape index (κ1) is 30.6. The molecule has 6 heteroatoms. The lowest BCUT2D eigenvalue weighted by Gasteiger charge is -2.36. The molecule has 3 N–H and O–H groups in total. The minimum Gasteiger partial charge on any atom is -0.326 e. The molecule has 0 bridgehead atoms. The van der Waals surface area contributed by atoms with E-state index in [1.807, 2.05) is 18.2 Å². The van der Waals surface area contributed by atoms with Crippen molar-refractivity contribution in [1.29, 1.82) is 0 Å². The summed E-state index contributed by atoms with van der Waals surface area (Å²) in [6.45, 7) is 11.4. The number of amides is 3. The molecule has 0 saturated heterocycles. The molecule has 1 aromatic rings. The van der Waals surface area contributed by atoms with Crippen LogP contribution in [0.4, 0.5) is 17.1 Å². The van der Waals surface area contributed by atoms with Gasteiger partial charge in [-0.3, -0.25) is 14.4 Å². The summed E-state index contributed by atoms with van der Waals surface area (Å²) in [5, 5.41) is 9.35. The molecular weight excluding hydrogens is 498 g/mol. The largest absolute Gasteiger partial charge is 0.326 e. The summed E-state index contributed by atoms with van der Waals surface area (Å²) < 4.78 is 0. The highest BCUT2D eigenvalue weighted by atomic mass is 16.2. The van der Waals surface area contributed by atoms with Gasteiger partial charge in [0.1, 0.15) is 0 Å². The fraction of sp³-hybridized carbons (Fsp3) is 0.735. The molecule has 0 atom stereocenters. The number of rotatable bonds is 7. The van der Waals surface area contributed by atoms with Gasteiger partial charge < -0.3 is 16.0 Å². The van der Waals surface area contributed by atoms with Gasteiger partial charge in [-0.2, -0.15) is 0 Å². The fourth-order valence-corrected chi connectivity index (χ4v) is 7.21. The topological polar surface area (TPSA) is 87.3 Å². The van der Waals surface area contributed by atoms with Crippen LogP contribution in [0, 0.1) is 40.9 Å². The minimum absolute atomic E-state index is 0.00604. The lowest BCUT2D eigenvalue weighted by molar-refractivity contribution is -0.122. The number of carbonyl (C=O) groups excluding carboxylic acids is 3. The molecule has 1 aromatic carbocycles. The lowest BCUT2D eigenvalue weighted by atomic mass is 9.69. The average Bonchev–Trinajstić information content (AvgIpc) is 2.93. The molecule has 4 rings (SSSR count). The third kappa shape index (κ3) is 8.33. The second-order valence-corrected chi connectivity index (χ2v) is 14.4. The van der Waals surface area contributed by atoms with Crippen LogP contribution >= 0.6 is 0 Å². The third-order valence-electron chi connectivity index (χ3n) is 10.1. The van der Waals surface area contributed by atoms with Gasteiger partial charge >= 0.3 is 0 Å². The van der Waals surface area contributed by atoms with Crippen molar-refractivity contribution >= 4 is 34.8 Å². The van der Waals surface area contributed by atoms with Gasteiger partial charge in [0.2, 0.25) is 17.7 Å². The number of anilines is 3. The van der Waals surface area contributed by atoms with Crippen molar-refractivity contribution in [3.8, 4) is 0 Å². The van der Waals surface area contributed by atoms with E-state index in [9.17, 15) is 14.4 Å². The maximum atomic E-state index is 13.3. The van der Waals surface area contributed by atoms with Gasteiger partial charge in [-0.1, -0.05) is 53.9 Å². The first-order valence-electron chi connectivity index (χ1n) is 16.1. The van der Waals surface area contributed by atoms with Crippen molar-refractivity contribution in [3.63, 3.8) is 0 Å². The maximum Gasteiger partial charge on any atom is 0.227 e. The monoisotopic (exact) mass is 551 g/mol. The molecule has 0 heterocycles. The smallest absolute Gasteiger partial charge is 0.227 e. The van der Waals surface area contributed by atoms with E-state index in [0.29, 0.717) is 34.8 Å². The number of hydrogen-bond acceptors (Lipinski definition) is 3. The normalized spacial score (nSPS) is 26.2. The summed E-state index contributed by atoms with van der Waals surface area (Å²) in [5.74, 6) is 2.13. The van der Waals surface area contributed by atoms with E-state index in [2.05, 4.69) is 50.6 Å². The molecule has 0 aliphatic heterocycles. The van der Waals surface area contributed by atoms with Crippen LogP contribution in [0.2, 0.25) is 0 Å². The SMILES string of the molecule is CC(C)C1CCC(C(=O)Nc2cc(NC(=O)C3CCCCC3)cc(NC(=O)C3CCC(C(C)(C)C)CC3)c2)CC1. The van der Waals surface area contributed by atoms with Crippen LogP contribution < -0.4 is 16.0 Å². The van der Waals surface area contributed by atoms with Crippen LogP contribution in [0.25, 0.3) is 0 Å².